The molecule has 1 aliphatic rings. The Morgan fingerprint density at radius 2 is 2.13 bits per heavy atom. The molecule has 4 rings (SSSR count). The molecule has 1 atom stereocenters. The molecule has 8 nitrogen and oxygen atoms in total. The van der Waals surface area contributed by atoms with Crippen LogP contribution >= 0.6 is 0 Å². The molecule has 1 fully saturated rings. The van der Waals surface area contributed by atoms with Crippen LogP contribution in [0.1, 0.15) is 31.0 Å². The number of anilines is 1. The number of aromatic nitrogens is 3. The van der Waals surface area contributed by atoms with Crippen molar-refractivity contribution in [3.63, 3.8) is 0 Å². The normalized spacial score (nSPS) is 17.1. The third-order valence-electron chi connectivity index (χ3n) is 5.41. The van der Waals surface area contributed by atoms with Gasteiger partial charge in [0.05, 0.1) is 18.4 Å². The fraction of sp³-hybridized carbons (Fsp3) is 0.435. The van der Waals surface area contributed by atoms with Gasteiger partial charge < -0.3 is 20.0 Å². The van der Waals surface area contributed by atoms with Crippen LogP contribution < -0.4 is 15.5 Å². The predicted octanol–water partition coefficient (Wildman–Crippen LogP) is 3.11. The second-order valence-electron chi connectivity index (χ2n) is 8.01. The van der Waals surface area contributed by atoms with E-state index in [2.05, 4.69) is 57.8 Å². The third-order valence-corrected chi connectivity index (χ3v) is 5.41. The second-order valence-corrected chi connectivity index (χ2v) is 8.01. The molecule has 0 radical (unpaired) electrons. The molecule has 1 saturated heterocycles. The van der Waals surface area contributed by atoms with Crippen LogP contribution in [0.2, 0.25) is 0 Å². The molecular weight excluding hydrogens is 390 g/mol. The van der Waals surface area contributed by atoms with Gasteiger partial charge in [-0.05, 0) is 38.8 Å². The first-order valence-corrected chi connectivity index (χ1v) is 10.9. The summed E-state index contributed by atoms with van der Waals surface area (Å²) in [4.78, 5) is 11.7. The lowest BCUT2D eigenvalue weighted by Crippen LogP contribution is -2.51. The van der Waals surface area contributed by atoms with Crippen LogP contribution in [0.15, 0.2) is 52.3 Å². The van der Waals surface area contributed by atoms with E-state index in [1.807, 2.05) is 30.1 Å². The lowest BCUT2D eigenvalue weighted by molar-refractivity contribution is 0.468. The number of aryl methyl sites for hydroxylation is 2. The Bertz CT molecular complexity index is 1010. The molecule has 3 heterocycles. The maximum absolute atomic E-state index is 5.66. The summed E-state index contributed by atoms with van der Waals surface area (Å²) in [5.41, 5.74) is 4.17. The standard InChI is InChI=1S/C23H31N7O/c1-4-24-23(28-19-6-5-11-30(14-19)21-13-26-29(3)15-21)25-12-20-16-31-22(27-20)18-9-7-17(2)8-10-18/h7-10,13,15-16,19H,4-6,11-12,14H2,1-3H3,(H2,24,25,28). The van der Waals surface area contributed by atoms with Gasteiger partial charge >= 0.3 is 0 Å². The SMILES string of the molecule is CCNC(=NCc1coc(-c2ccc(C)cc2)n1)NC1CCCN(c2cnn(C)c2)C1. The molecule has 1 aliphatic heterocycles. The number of hydrogen-bond acceptors (Lipinski definition) is 5. The van der Waals surface area contributed by atoms with E-state index in [4.69, 9.17) is 9.41 Å². The molecular formula is C23H31N7O. The first kappa shape index (κ1) is 21.0. The van der Waals surface area contributed by atoms with Crippen LogP contribution in [-0.2, 0) is 13.6 Å². The van der Waals surface area contributed by atoms with Gasteiger partial charge in [0.1, 0.15) is 12.0 Å². The summed E-state index contributed by atoms with van der Waals surface area (Å²) in [6.45, 7) is 7.39. The van der Waals surface area contributed by atoms with Crippen molar-refractivity contribution in [3.8, 4) is 11.5 Å². The van der Waals surface area contributed by atoms with E-state index < -0.39 is 0 Å². The van der Waals surface area contributed by atoms with Crippen LogP contribution in [0.3, 0.4) is 0 Å². The molecule has 0 amide bonds. The predicted molar refractivity (Wildman–Crippen MR) is 123 cm³/mol. The van der Waals surface area contributed by atoms with Crippen molar-refractivity contribution in [2.24, 2.45) is 12.0 Å². The fourth-order valence-electron chi connectivity index (χ4n) is 3.78. The van der Waals surface area contributed by atoms with Crippen molar-refractivity contribution in [1.29, 1.82) is 0 Å². The maximum Gasteiger partial charge on any atom is 0.226 e. The number of rotatable bonds is 6. The van der Waals surface area contributed by atoms with Crippen LogP contribution in [0.5, 0.6) is 0 Å². The average molecular weight is 422 g/mol. The Morgan fingerprint density at radius 3 is 2.87 bits per heavy atom. The van der Waals surface area contributed by atoms with Gasteiger partial charge in [-0.25, -0.2) is 9.98 Å². The molecule has 2 N–H and O–H groups in total. The minimum absolute atomic E-state index is 0.326. The summed E-state index contributed by atoms with van der Waals surface area (Å²) in [7, 11) is 1.95. The first-order chi connectivity index (χ1) is 15.1. The Hall–Kier alpha value is -3.29. The van der Waals surface area contributed by atoms with Gasteiger partial charge in [0.15, 0.2) is 5.96 Å². The van der Waals surface area contributed by atoms with Gasteiger partial charge in [-0.15, -0.1) is 0 Å². The van der Waals surface area contributed by atoms with E-state index in [1.54, 1.807) is 6.26 Å². The smallest absolute Gasteiger partial charge is 0.226 e. The number of guanidine groups is 1. The average Bonchev–Trinajstić information content (AvgIpc) is 3.42. The van der Waals surface area contributed by atoms with Crippen molar-refractivity contribution >= 4 is 11.6 Å². The summed E-state index contributed by atoms with van der Waals surface area (Å²) >= 11 is 0. The molecule has 0 bridgehead atoms. The largest absolute Gasteiger partial charge is 0.444 e. The summed E-state index contributed by atoms with van der Waals surface area (Å²) in [6.07, 6.45) is 7.93. The van der Waals surface area contributed by atoms with Crippen LogP contribution in [0, 0.1) is 6.92 Å². The number of oxazole rings is 1. The van der Waals surface area contributed by atoms with Crippen molar-refractivity contribution in [2.45, 2.75) is 39.3 Å². The minimum Gasteiger partial charge on any atom is -0.444 e. The molecule has 0 saturated carbocycles. The molecule has 0 spiro atoms. The zero-order valence-electron chi connectivity index (χ0n) is 18.5. The third kappa shape index (κ3) is 5.45. The zero-order chi connectivity index (χ0) is 21.6. The Labute approximate surface area is 183 Å². The highest BCUT2D eigenvalue weighted by Gasteiger charge is 2.21. The molecule has 0 aliphatic carbocycles. The topological polar surface area (TPSA) is 83.5 Å². The first-order valence-electron chi connectivity index (χ1n) is 10.9. The molecule has 164 valence electrons. The van der Waals surface area contributed by atoms with Gasteiger partial charge in [-0.3, -0.25) is 4.68 Å². The highest BCUT2D eigenvalue weighted by Crippen LogP contribution is 2.20. The molecule has 1 unspecified atom stereocenters. The number of hydrogen-bond donors (Lipinski definition) is 2. The van der Waals surface area contributed by atoms with Gasteiger partial charge in [0.2, 0.25) is 5.89 Å². The summed E-state index contributed by atoms with van der Waals surface area (Å²) in [5, 5.41) is 11.2. The van der Waals surface area contributed by atoms with Crippen molar-refractivity contribution in [2.75, 3.05) is 24.5 Å². The Morgan fingerprint density at radius 1 is 1.29 bits per heavy atom. The zero-order valence-corrected chi connectivity index (χ0v) is 18.5. The van der Waals surface area contributed by atoms with E-state index in [-0.39, 0.29) is 0 Å². The highest BCUT2D eigenvalue weighted by atomic mass is 16.3. The monoisotopic (exact) mass is 421 g/mol. The summed E-state index contributed by atoms with van der Waals surface area (Å²) in [6, 6.07) is 8.49. The summed E-state index contributed by atoms with van der Waals surface area (Å²) < 4.78 is 7.51. The molecule has 3 aromatic rings. The van der Waals surface area contributed by atoms with Crippen LogP contribution in [0.25, 0.3) is 11.5 Å². The van der Waals surface area contributed by atoms with Crippen molar-refractivity contribution in [1.82, 2.24) is 25.4 Å². The number of aliphatic imine (C=N–C) groups is 1. The van der Waals surface area contributed by atoms with Crippen molar-refractivity contribution < 1.29 is 4.42 Å². The molecule has 2 aromatic heterocycles. The number of benzene rings is 1. The Balaban J connectivity index is 1.38. The van der Waals surface area contributed by atoms with Gasteiger partial charge in [0.25, 0.3) is 0 Å². The van der Waals surface area contributed by atoms with E-state index in [9.17, 15) is 0 Å². The van der Waals surface area contributed by atoms with Gasteiger partial charge in [-0.2, -0.15) is 5.10 Å². The molecule has 1 aromatic carbocycles. The summed E-state index contributed by atoms with van der Waals surface area (Å²) in [5.74, 6) is 1.43. The van der Waals surface area contributed by atoms with Gasteiger partial charge in [0, 0.05) is 44.5 Å². The van der Waals surface area contributed by atoms with E-state index in [0.29, 0.717) is 18.5 Å². The van der Waals surface area contributed by atoms with E-state index in [1.165, 1.54) is 11.3 Å². The lowest BCUT2D eigenvalue weighted by Gasteiger charge is -2.34. The van der Waals surface area contributed by atoms with Crippen LogP contribution in [0.4, 0.5) is 5.69 Å². The second kappa shape index (κ2) is 9.68. The molecule has 31 heavy (non-hydrogen) atoms. The maximum atomic E-state index is 5.66. The number of nitrogens with one attached hydrogen (secondary N) is 2. The van der Waals surface area contributed by atoms with E-state index in [0.717, 1.165) is 49.7 Å². The minimum atomic E-state index is 0.326. The van der Waals surface area contributed by atoms with Gasteiger partial charge in [-0.1, -0.05) is 17.7 Å². The quantitative estimate of drug-likeness (QED) is 0.470. The Kier molecular flexibility index (Phi) is 6.54. The fourth-order valence-corrected chi connectivity index (χ4v) is 3.78. The number of nitrogens with zero attached hydrogens (tertiary/aromatic N) is 5. The lowest BCUT2D eigenvalue weighted by atomic mass is 10.1. The number of piperidine rings is 1. The van der Waals surface area contributed by atoms with Crippen molar-refractivity contribution in [3.05, 3.63) is 54.2 Å². The highest BCUT2D eigenvalue weighted by molar-refractivity contribution is 5.80. The van der Waals surface area contributed by atoms with E-state index >= 15 is 0 Å². The molecule has 8 heteroatoms. The van der Waals surface area contributed by atoms with Crippen LogP contribution in [-0.4, -0.2) is 46.4 Å².